The van der Waals surface area contributed by atoms with Gasteiger partial charge in [-0.15, -0.1) is 0 Å². The summed E-state index contributed by atoms with van der Waals surface area (Å²) in [6.45, 7) is 2.20. The first-order chi connectivity index (χ1) is 12.5. The Morgan fingerprint density at radius 3 is 2.85 bits per heavy atom. The van der Waals surface area contributed by atoms with E-state index in [9.17, 15) is 14.7 Å². The second-order valence-electron chi connectivity index (χ2n) is 5.90. The second-order valence-corrected chi connectivity index (χ2v) is 5.90. The standard InChI is InChI=1S/C18H18N4O4/c1-12-4-2-5-13(8-12)15(18(24)25)10-19-17(23)16-9-14(26-21-16)11-22-7-3-6-20-22/h2-9,15H,10-11H2,1H3,(H,19,23)(H,24,25). The third-order valence-electron chi connectivity index (χ3n) is 3.88. The van der Waals surface area contributed by atoms with E-state index in [0.29, 0.717) is 17.9 Å². The quantitative estimate of drug-likeness (QED) is 0.670. The van der Waals surface area contributed by atoms with Crippen molar-refractivity contribution in [3.05, 3.63) is 71.4 Å². The van der Waals surface area contributed by atoms with Gasteiger partial charge in [0.05, 0.1) is 5.92 Å². The van der Waals surface area contributed by atoms with Crippen molar-refractivity contribution in [2.24, 2.45) is 0 Å². The number of nitrogens with one attached hydrogen (secondary N) is 1. The fraction of sp³-hybridized carbons (Fsp3) is 0.222. The van der Waals surface area contributed by atoms with Crippen molar-refractivity contribution in [3.63, 3.8) is 0 Å². The Morgan fingerprint density at radius 1 is 1.31 bits per heavy atom. The van der Waals surface area contributed by atoms with Crippen molar-refractivity contribution in [1.82, 2.24) is 20.3 Å². The molecule has 0 aliphatic carbocycles. The van der Waals surface area contributed by atoms with Gasteiger partial charge in [-0.1, -0.05) is 35.0 Å². The molecule has 0 radical (unpaired) electrons. The van der Waals surface area contributed by atoms with Crippen molar-refractivity contribution in [2.75, 3.05) is 6.54 Å². The van der Waals surface area contributed by atoms with Gasteiger partial charge >= 0.3 is 5.97 Å². The lowest BCUT2D eigenvalue weighted by atomic mass is 9.97. The number of aliphatic carboxylic acids is 1. The Labute approximate surface area is 149 Å². The van der Waals surface area contributed by atoms with E-state index in [1.54, 1.807) is 41.3 Å². The Hall–Kier alpha value is -3.42. The number of aryl methyl sites for hydroxylation is 1. The molecule has 0 fully saturated rings. The van der Waals surface area contributed by atoms with Crippen LogP contribution in [-0.2, 0) is 11.3 Å². The summed E-state index contributed by atoms with van der Waals surface area (Å²) in [4.78, 5) is 23.8. The highest BCUT2D eigenvalue weighted by molar-refractivity contribution is 5.92. The first kappa shape index (κ1) is 17.4. The maximum Gasteiger partial charge on any atom is 0.312 e. The fourth-order valence-electron chi connectivity index (χ4n) is 2.57. The predicted octanol–water partition coefficient (Wildman–Crippen LogP) is 1.83. The number of amides is 1. The van der Waals surface area contributed by atoms with Crippen molar-refractivity contribution >= 4 is 11.9 Å². The summed E-state index contributed by atoms with van der Waals surface area (Å²) >= 11 is 0. The molecule has 8 nitrogen and oxygen atoms in total. The Kier molecular flexibility index (Phi) is 5.12. The number of nitrogens with zero attached hydrogens (tertiary/aromatic N) is 3. The highest BCUT2D eigenvalue weighted by atomic mass is 16.5. The van der Waals surface area contributed by atoms with Gasteiger partial charge in [0.25, 0.3) is 5.91 Å². The lowest BCUT2D eigenvalue weighted by Gasteiger charge is -2.13. The summed E-state index contributed by atoms with van der Waals surface area (Å²) in [6.07, 6.45) is 3.41. The van der Waals surface area contributed by atoms with Crippen LogP contribution in [0.25, 0.3) is 0 Å². The molecule has 2 N–H and O–H groups in total. The van der Waals surface area contributed by atoms with Crippen molar-refractivity contribution < 1.29 is 19.2 Å². The number of aromatic nitrogens is 3. The van der Waals surface area contributed by atoms with Gasteiger partial charge in [0.15, 0.2) is 11.5 Å². The van der Waals surface area contributed by atoms with E-state index in [-0.39, 0.29) is 12.2 Å². The average molecular weight is 354 g/mol. The molecule has 0 aliphatic rings. The van der Waals surface area contributed by atoms with Crippen LogP contribution in [-0.4, -0.2) is 38.5 Å². The molecule has 26 heavy (non-hydrogen) atoms. The largest absolute Gasteiger partial charge is 0.481 e. The van der Waals surface area contributed by atoms with Crippen molar-refractivity contribution in [2.45, 2.75) is 19.4 Å². The maximum atomic E-state index is 12.2. The van der Waals surface area contributed by atoms with Gasteiger partial charge in [0.2, 0.25) is 0 Å². The lowest BCUT2D eigenvalue weighted by molar-refractivity contribution is -0.138. The number of rotatable bonds is 7. The number of benzene rings is 1. The molecule has 0 saturated heterocycles. The number of hydrogen-bond acceptors (Lipinski definition) is 5. The Balaban J connectivity index is 1.63. The van der Waals surface area contributed by atoms with Gasteiger partial charge in [-0.3, -0.25) is 14.3 Å². The molecule has 0 aliphatic heterocycles. The van der Waals surface area contributed by atoms with Gasteiger partial charge in [-0.05, 0) is 18.6 Å². The minimum atomic E-state index is -1.00. The average Bonchev–Trinajstić information content (AvgIpc) is 3.27. The minimum Gasteiger partial charge on any atom is -0.481 e. The van der Waals surface area contributed by atoms with Crippen molar-refractivity contribution in [3.8, 4) is 0 Å². The van der Waals surface area contributed by atoms with Crippen molar-refractivity contribution in [1.29, 1.82) is 0 Å². The van der Waals surface area contributed by atoms with Gasteiger partial charge in [0, 0.05) is 25.0 Å². The van der Waals surface area contributed by atoms with Crippen LogP contribution in [0.15, 0.2) is 53.3 Å². The van der Waals surface area contributed by atoms with Gasteiger partial charge in [-0.2, -0.15) is 5.10 Å². The van der Waals surface area contributed by atoms with E-state index >= 15 is 0 Å². The van der Waals surface area contributed by atoms with Crippen LogP contribution in [0.5, 0.6) is 0 Å². The van der Waals surface area contributed by atoms with Gasteiger partial charge < -0.3 is 14.9 Å². The first-order valence-corrected chi connectivity index (χ1v) is 8.03. The third-order valence-corrected chi connectivity index (χ3v) is 3.88. The predicted molar refractivity (Wildman–Crippen MR) is 91.7 cm³/mol. The fourth-order valence-corrected chi connectivity index (χ4v) is 2.57. The molecular weight excluding hydrogens is 336 g/mol. The van der Waals surface area contributed by atoms with Crippen LogP contribution >= 0.6 is 0 Å². The zero-order chi connectivity index (χ0) is 18.5. The highest BCUT2D eigenvalue weighted by Gasteiger charge is 2.22. The molecule has 1 unspecified atom stereocenters. The summed E-state index contributed by atoms with van der Waals surface area (Å²) in [7, 11) is 0. The zero-order valence-electron chi connectivity index (χ0n) is 14.1. The number of carboxylic acids is 1. The lowest BCUT2D eigenvalue weighted by Crippen LogP contribution is -2.31. The van der Waals surface area contributed by atoms with E-state index < -0.39 is 17.8 Å². The monoisotopic (exact) mass is 354 g/mol. The van der Waals surface area contributed by atoms with E-state index in [1.165, 1.54) is 6.07 Å². The third kappa shape index (κ3) is 4.15. The number of hydrogen-bond donors (Lipinski definition) is 2. The molecule has 0 saturated carbocycles. The minimum absolute atomic E-state index is 0.0427. The maximum absolute atomic E-state index is 12.2. The van der Waals surface area contributed by atoms with Crippen LogP contribution in [0.1, 0.15) is 33.3 Å². The Bertz CT molecular complexity index is 902. The second kappa shape index (κ2) is 7.64. The van der Waals surface area contributed by atoms with E-state index in [4.69, 9.17) is 4.52 Å². The number of carboxylic acid groups (broad SMARTS) is 1. The molecule has 8 heteroatoms. The summed E-state index contributed by atoms with van der Waals surface area (Å²) in [5.41, 5.74) is 1.69. The topological polar surface area (TPSA) is 110 Å². The van der Waals surface area contributed by atoms with E-state index in [1.807, 2.05) is 13.0 Å². The first-order valence-electron chi connectivity index (χ1n) is 8.03. The molecule has 2 heterocycles. The molecule has 134 valence electrons. The zero-order valence-corrected chi connectivity index (χ0v) is 14.1. The van der Waals surface area contributed by atoms with Crippen LogP contribution in [0.4, 0.5) is 0 Å². The molecule has 0 bridgehead atoms. The molecule has 1 amide bonds. The van der Waals surface area contributed by atoms with Crippen LogP contribution < -0.4 is 5.32 Å². The summed E-state index contributed by atoms with van der Waals surface area (Å²) in [6, 6.07) is 10.5. The molecule has 1 atom stereocenters. The van der Waals surface area contributed by atoms with Crippen LogP contribution in [0.2, 0.25) is 0 Å². The molecule has 2 aromatic heterocycles. The van der Waals surface area contributed by atoms with Gasteiger partial charge in [0.1, 0.15) is 6.54 Å². The van der Waals surface area contributed by atoms with E-state index in [0.717, 1.165) is 5.56 Å². The number of carbonyl (C=O) groups excluding carboxylic acids is 1. The molecular formula is C18H18N4O4. The SMILES string of the molecule is Cc1cccc(C(CNC(=O)c2cc(Cn3cccn3)on2)C(=O)O)c1. The van der Waals surface area contributed by atoms with Crippen LogP contribution in [0, 0.1) is 6.92 Å². The summed E-state index contributed by atoms with van der Waals surface area (Å²) in [5, 5.41) is 19.8. The van der Waals surface area contributed by atoms with Crippen LogP contribution in [0.3, 0.4) is 0 Å². The number of carbonyl (C=O) groups is 2. The summed E-state index contributed by atoms with van der Waals surface area (Å²) < 4.78 is 6.77. The molecule has 3 rings (SSSR count). The Morgan fingerprint density at radius 2 is 2.15 bits per heavy atom. The van der Waals surface area contributed by atoms with Gasteiger partial charge in [-0.25, -0.2) is 0 Å². The highest BCUT2D eigenvalue weighted by Crippen LogP contribution is 2.17. The molecule has 3 aromatic rings. The molecule has 1 aromatic carbocycles. The summed E-state index contributed by atoms with van der Waals surface area (Å²) in [5.74, 6) is -1.85. The smallest absolute Gasteiger partial charge is 0.312 e. The molecule has 0 spiro atoms. The van der Waals surface area contributed by atoms with E-state index in [2.05, 4.69) is 15.6 Å². The normalized spacial score (nSPS) is 11.9.